The van der Waals surface area contributed by atoms with Crippen molar-refractivity contribution in [1.82, 2.24) is 19.7 Å². The minimum Gasteiger partial charge on any atom is -0.497 e. The van der Waals surface area contributed by atoms with Gasteiger partial charge in [-0.15, -0.1) is 0 Å². The Morgan fingerprint density at radius 3 is 2.78 bits per heavy atom. The van der Waals surface area contributed by atoms with Crippen LogP contribution in [0.15, 0.2) is 54.9 Å². The zero-order valence-electron chi connectivity index (χ0n) is 20.6. The number of rotatable bonds is 5. The largest absolute Gasteiger partial charge is 0.497 e. The Bertz CT molecular complexity index is 1400. The Kier molecular flexibility index (Phi) is 4.05. The summed E-state index contributed by atoms with van der Waals surface area (Å²) in [5.74, 6) is 1.05. The first-order valence-corrected chi connectivity index (χ1v) is 10.2. The Balaban J connectivity index is 1.57. The Hall–Kier alpha value is -4.14. The second-order valence-corrected chi connectivity index (χ2v) is 7.42. The number of hydrogen-bond donors (Lipinski definition) is 1. The van der Waals surface area contributed by atoms with E-state index in [2.05, 4.69) is 20.4 Å². The molecule has 0 unspecified atom stereocenters. The Morgan fingerprint density at radius 2 is 2.00 bits per heavy atom. The number of amides is 2. The highest BCUT2D eigenvalue weighted by Gasteiger charge is 2.34. The lowest BCUT2D eigenvalue weighted by molar-refractivity contribution is 0.252. The molecule has 0 atom stereocenters. The van der Waals surface area contributed by atoms with Crippen LogP contribution in [0.1, 0.15) is 16.6 Å². The van der Waals surface area contributed by atoms with Crippen molar-refractivity contribution < 1.29 is 13.6 Å². The number of nitrogens with zero attached hydrogens (tertiary/aromatic N) is 6. The van der Waals surface area contributed by atoms with E-state index in [1.807, 2.05) is 38.4 Å². The van der Waals surface area contributed by atoms with E-state index in [4.69, 9.17) is 8.85 Å². The molecule has 2 amide bonds. The quantitative estimate of drug-likeness (QED) is 0.511. The highest BCUT2D eigenvalue weighted by molar-refractivity contribution is 6.10. The summed E-state index contributed by atoms with van der Waals surface area (Å²) >= 11 is 0. The van der Waals surface area contributed by atoms with Crippen molar-refractivity contribution in [1.29, 1.82) is 0 Å². The van der Waals surface area contributed by atoms with E-state index in [-0.39, 0.29) is 11.8 Å². The predicted molar refractivity (Wildman–Crippen MR) is 124 cm³/mol. The molecule has 0 spiro atoms. The molecular weight excluding hydrogens is 406 g/mol. The van der Waals surface area contributed by atoms with Crippen molar-refractivity contribution in [3.8, 4) is 5.75 Å². The van der Waals surface area contributed by atoms with E-state index < -0.39 is 7.04 Å². The molecule has 32 heavy (non-hydrogen) atoms. The molecule has 0 radical (unpaired) electrons. The van der Waals surface area contributed by atoms with Crippen molar-refractivity contribution >= 4 is 40.1 Å². The zero-order valence-corrected chi connectivity index (χ0v) is 17.6. The number of benzene rings is 2. The van der Waals surface area contributed by atoms with Gasteiger partial charge in [-0.1, -0.05) is 0 Å². The van der Waals surface area contributed by atoms with Crippen LogP contribution in [0, 0.1) is 0 Å². The third-order valence-corrected chi connectivity index (χ3v) is 5.27. The highest BCUT2D eigenvalue weighted by atomic mass is 16.5. The normalized spacial score (nSPS) is 15.2. The molecular formula is C23H23N7O2. The number of carbonyl (C=O) groups is 1. The van der Waals surface area contributed by atoms with Crippen LogP contribution in [0.5, 0.6) is 5.75 Å². The smallest absolute Gasteiger partial charge is 0.335 e. The molecule has 0 bridgehead atoms. The van der Waals surface area contributed by atoms with Gasteiger partial charge in [-0.2, -0.15) is 10.1 Å². The summed E-state index contributed by atoms with van der Waals surface area (Å²) in [6.45, 7) is 2.86. The van der Waals surface area contributed by atoms with Gasteiger partial charge in [-0.05, 0) is 49.4 Å². The van der Waals surface area contributed by atoms with E-state index in [1.54, 1.807) is 27.9 Å². The van der Waals surface area contributed by atoms with Gasteiger partial charge >= 0.3 is 6.03 Å². The van der Waals surface area contributed by atoms with Crippen molar-refractivity contribution in [3.05, 3.63) is 60.4 Å². The maximum absolute atomic E-state index is 13.8. The maximum atomic E-state index is 13.8. The molecule has 0 aliphatic carbocycles. The fourth-order valence-electron chi connectivity index (χ4n) is 3.80. The molecule has 162 valence electrons. The number of carbonyl (C=O) groups excluding carboxylic acids is 1. The monoisotopic (exact) mass is 432 g/mol. The van der Waals surface area contributed by atoms with E-state index in [1.165, 1.54) is 17.0 Å². The third-order valence-electron chi connectivity index (χ3n) is 5.27. The molecule has 1 aliphatic rings. The number of aryl methyl sites for hydroxylation is 1. The van der Waals surface area contributed by atoms with Crippen LogP contribution < -0.4 is 19.9 Å². The topological polar surface area (TPSA) is 88.4 Å². The van der Waals surface area contributed by atoms with Crippen LogP contribution in [0.3, 0.4) is 0 Å². The van der Waals surface area contributed by atoms with Crippen LogP contribution in [0.4, 0.5) is 27.9 Å². The highest BCUT2D eigenvalue weighted by Crippen LogP contribution is 2.37. The lowest BCUT2D eigenvalue weighted by Gasteiger charge is -2.36. The molecule has 2 aromatic heterocycles. The van der Waals surface area contributed by atoms with E-state index >= 15 is 0 Å². The number of methoxy groups -OCH3 is 1. The number of fused-ring (bicyclic) bond motifs is 2. The van der Waals surface area contributed by atoms with E-state index in [0.717, 1.165) is 16.5 Å². The number of hydrogen-bond acceptors (Lipinski definition) is 6. The minimum atomic E-state index is -2.56. The molecule has 0 fully saturated rings. The minimum absolute atomic E-state index is 0.174. The summed E-state index contributed by atoms with van der Waals surface area (Å²) < 4.78 is 28.6. The van der Waals surface area contributed by atoms with Crippen molar-refractivity contribution in [2.24, 2.45) is 7.05 Å². The summed E-state index contributed by atoms with van der Waals surface area (Å²) in [5.41, 5.74) is 2.83. The summed E-state index contributed by atoms with van der Waals surface area (Å²) in [4.78, 5) is 26.0. The van der Waals surface area contributed by atoms with Crippen molar-refractivity contribution in [3.63, 3.8) is 0 Å². The number of ether oxygens (including phenoxy) is 1. The van der Waals surface area contributed by atoms with Crippen LogP contribution in [0.25, 0.3) is 10.9 Å². The van der Waals surface area contributed by atoms with Crippen LogP contribution in [0.2, 0.25) is 0 Å². The molecule has 0 saturated heterocycles. The van der Waals surface area contributed by atoms with Gasteiger partial charge in [0, 0.05) is 42.6 Å². The molecule has 0 saturated carbocycles. The molecule has 2 aromatic carbocycles. The first-order valence-electron chi connectivity index (χ1n) is 11.7. The third kappa shape index (κ3) is 3.37. The fourth-order valence-corrected chi connectivity index (χ4v) is 3.80. The Labute approximate surface area is 189 Å². The number of urea groups is 1. The summed E-state index contributed by atoms with van der Waals surface area (Å²) in [5, 5.41) is 8.40. The average molecular weight is 433 g/mol. The second kappa shape index (κ2) is 7.84. The molecule has 4 aromatic rings. The zero-order chi connectivity index (χ0) is 24.7. The first kappa shape index (κ1) is 16.5. The number of anilines is 4. The number of nitrogens with one attached hydrogen (secondary N) is 1. The molecule has 1 N–H and O–H groups in total. The summed E-state index contributed by atoms with van der Waals surface area (Å²) in [7, 11) is -0.715. The van der Waals surface area contributed by atoms with E-state index in [9.17, 15) is 4.79 Å². The summed E-state index contributed by atoms with van der Waals surface area (Å²) in [6, 6.07) is 11.7. The van der Waals surface area contributed by atoms with Gasteiger partial charge in [0.2, 0.25) is 5.95 Å². The van der Waals surface area contributed by atoms with Crippen LogP contribution >= 0.6 is 0 Å². The summed E-state index contributed by atoms with van der Waals surface area (Å²) in [6.07, 6.45) is 3.61. The van der Waals surface area contributed by atoms with Crippen molar-refractivity contribution in [2.45, 2.75) is 13.5 Å². The van der Waals surface area contributed by atoms with Gasteiger partial charge in [-0.25, -0.2) is 14.7 Å². The molecule has 5 rings (SSSR count). The van der Waals surface area contributed by atoms with Crippen molar-refractivity contribution in [2.75, 3.05) is 28.7 Å². The van der Waals surface area contributed by atoms with Gasteiger partial charge in [0.15, 0.2) is 5.82 Å². The van der Waals surface area contributed by atoms with Gasteiger partial charge < -0.3 is 10.1 Å². The molecule has 1 aliphatic heterocycles. The SMILES string of the molecule is [2H]C([2H])([2H])Oc1ccc(N2C(=O)N(c3ccc4nn(C)cc4c3)Cc3cnc(NCC)nc32)cc1. The van der Waals surface area contributed by atoms with E-state index in [0.29, 0.717) is 36.2 Å². The Morgan fingerprint density at radius 1 is 1.19 bits per heavy atom. The average Bonchev–Trinajstić information content (AvgIpc) is 3.18. The standard InChI is InChI=1S/C23H23N7O2/c1-4-24-22-25-12-16-14-29(18-7-10-20-15(11-18)13-28(2)27-20)23(31)30(21(16)26-22)17-5-8-19(32-3)9-6-17/h5-13H,4,14H2,1-3H3,(H,24,25,26)/i3D3. The molecule has 9 nitrogen and oxygen atoms in total. The second-order valence-electron chi connectivity index (χ2n) is 7.42. The predicted octanol–water partition coefficient (Wildman–Crippen LogP) is 4.08. The van der Waals surface area contributed by atoms with Gasteiger partial charge in [0.1, 0.15) is 5.75 Å². The molecule has 3 heterocycles. The fraction of sp³-hybridized carbons (Fsp3) is 0.217. The lowest BCUT2D eigenvalue weighted by atomic mass is 10.1. The lowest BCUT2D eigenvalue weighted by Crippen LogP contribution is -2.45. The van der Waals surface area contributed by atoms with Crippen LogP contribution in [-0.4, -0.2) is 39.4 Å². The number of aromatic nitrogens is 4. The van der Waals surface area contributed by atoms with Crippen LogP contribution in [-0.2, 0) is 13.6 Å². The first-order chi connectivity index (χ1) is 16.7. The molecule has 9 heteroatoms. The van der Waals surface area contributed by atoms with Gasteiger partial charge in [-0.3, -0.25) is 9.58 Å². The van der Waals surface area contributed by atoms with Gasteiger partial charge in [0.25, 0.3) is 0 Å². The van der Waals surface area contributed by atoms with Gasteiger partial charge in [0.05, 0.1) is 28.9 Å². The maximum Gasteiger partial charge on any atom is 0.335 e.